The highest BCUT2D eigenvalue weighted by Crippen LogP contribution is 2.22. The second kappa shape index (κ2) is 6.70. The zero-order chi connectivity index (χ0) is 11.1. The van der Waals surface area contributed by atoms with Crippen molar-refractivity contribution in [3.63, 3.8) is 0 Å². The summed E-state index contributed by atoms with van der Waals surface area (Å²) in [5.41, 5.74) is 0. The van der Waals surface area contributed by atoms with Gasteiger partial charge in [-0.2, -0.15) is 0 Å². The van der Waals surface area contributed by atoms with Crippen molar-refractivity contribution in [2.75, 3.05) is 13.7 Å². The summed E-state index contributed by atoms with van der Waals surface area (Å²) in [5.74, 6) is 0. The molecule has 0 radical (unpaired) electrons. The molecule has 1 heterocycles. The average molecular weight is 213 g/mol. The summed E-state index contributed by atoms with van der Waals surface area (Å²) in [6, 6.07) is 0.428. The standard InChI is InChI=1S/C12H23NO2/c1-3-4-5-8-11-9-6-7-10-13(11)12(14)15-2/h11H,3-10H2,1-2H3/t11-/m1/s1. The van der Waals surface area contributed by atoms with Crippen LogP contribution in [-0.4, -0.2) is 30.7 Å². The predicted octanol–water partition coefficient (Wildman–Crippen LogP) is 3.19. The lowest BCUT2D eigenvalue weighted by Gasteiger charge is -2.34. The molecule has 1 saturated heterocycles. The first-order chi connectivity index (χ1) is 7.29. The van der Waals surface area contributed by atoms with E-state index in [0.29, 0.717) is 6.04 Å². The van der Waals surface area contributed by atoms with Crippen molar-refractivity contribution in [3.8, 4) is 0 Å². The van der Waals surface area contributed by atoms with Crippen LogP contribution < -0.4 is 0 Å². The molecule has 88 valence electrons. The zero-order valence-corrected chi connectivity index (χ0v) is 10.00. The van der Waals surface area contributed by atoms with Gasteiger partial charge in [0, 0.05) is 12.6 Å². The van der Waals surface area contributed by atoms with Gasteiger partial charge in [0.15, 0.2) is 0 Å². The number of carbonyl (C=O) groups excluding carboxylic acids is 1. The van der Waals surface area contributed by atoms with Crippen LogP contribution in [0.1, 0.15) is 51.9 Å². The SMILES string of the molecule is CCCCC[C@@H]1CCCCN1C(=O)OC. The first-order valence-corrected chi connectivity index (χ1v) is 6.14. The summed E-state index contributed by atoms with van der Waals surface area (Å²) >= 11 is 0. The van der Waals surface area contributed by atoms with Crippen LogP contribution in [0, 0.1) is 0 Å². The Labute approximate surface area is 92.8 Å². The Hall–Kier alpha value is -0.730. The molecule has 15 heavy (non-hydrogen) atoms. The Bertz CT molecular complexity index is 194. The van der Waals surface area contributed by atoms with Crippen molar-refractivity contribution in [3.05, 3.63) is 0 Å². The third-order valence-electron chi connectivity index (χ3n) is 3.18. The maximum absolute atomic E-state index is 11.5. The van der Waals surface area contributed by atoms with E-state index < -0.39 is 0 Å². The van der Waals surface area contributed by atoms with Gasteiger partial charge in [0.25, 0.3) is 0 Å². The summed E-state index contributed by atoms with van der Waals surface area (Å²) in [4.78, 5) is 13.4. The van der Waals surface area contributed by atoms with E-state index in [2.05, 4.69) is 6.92 Å². The van der Waals surface area contributed by atoms with Gasteiger partial charge in [0.05, 0.1) is 7.11 Å². The average Bonchev–Trinajstić information content (AvgIpc) is 2.29. The number of unbranched alkanes of at least 4 members (excludes halogenated alkanes) is 2. The molecular weight excluding hydrogens is 190 g/mol. The fourth-order valence-electron chi connectivity index (χ4n) is 2.29. The summed E-state index contributed by atoms with van der Waals surface area (Å²) < 4.78 is 4.81. The summed E-state index contributed by atoms with van der Waals surface area (Å²) in [6.07, 6.45) is 8.27. The van der Waals surface area contributed by atoms with Crippen molar-refractivity contribution in [1.82, 2.24) is 4.90 Å². The van der Waals surface area contributed by atoms with Crippen LogP contribution in [0.4, 0.5) is 4.79 Å². The van der Waals surface area contributed by atoms with E-state index in [1.54, 1.807) is 0 Å². The number of methoxy groups -OCH3 is 1. The van der Waals surface area contributed by atoms with Gasteiger partial charge in [-0.15, -0.1) is 0 Å². The number of piperidine rings is 1. The highest BCUT2D eigenvalue weighted by Gasteiger charge is 2.26. The minimum absolute atomic E-state index is 0.142. The smallest absolute Gasteiger partial charge is 0.409 e. The van der Waals surface area contributed by atoms with Gasteiger partial charge in [0.1, 0.15) is 0 Å². The molecule has 1 rings (SSSR count). The number of hydrogen-bond donors (Lipinski definition) is 0. The number of rotatable bonds is 4. The molecule has 0 N–H and O–H groups in total. The Kier molecular flexibility index (Phi) is 5.51. The van der Waals surface area contributed by atoms with Crippen molar-refractivity contribution in [2.24, 2.45) is 0 Å². The van der Waals surface area contributed by atoms with Crippen molar-refractivity contribution >= 4 is 6.09 Å². The van der Waals surface area contributed by atoms with Crippen LogP contribution in [0.2, 0.25) is 0 Å². The molecule has 0 bridgehead atoms. The van der Waals surface area contributed by atoms with E-state index in [1.165, 1.54) is 32.8 Å². The molecule has 1 atom stereocenters. The Morgan fingerprint density at radius 1 is 1.40 bits per heavy atom. The lowest BCUT2D eigenvalue weighted by Crippen LogP contribution is -2.43. The zero-order valence-electron chi connectivity index (χ0n) is 10.00. The fraction of sp³-hybridized carbons (Fsp3) is 0.917. The molecule has 0 spiro atoms. The maximum Gasteiger partial charge on any atom is 0.409 e. The fourth-order valence-corrected chi connectivity index (χ4v) is 2.29. The van der Waals surface area contributed by atoms with E-state index in [1.807, 2.05) is 4.90 Å². The van der Waals surface area contributed by atoms with Crippen LogP contribution in [0.15, 0.2) is 0 Å². The third-order valence-corrected chi connectivity index (χ3v) is 3.18. The Balaban J connectivity index is 2.39. The highest BCUT2D eigenvalue weighted by molar-refractivity contribution is 5.67. The summed E-state index contributed by atoms with van der Waals surface area (Å²) in [7, 11) is 1.47. The molecule has 1 aliphatic rings. The van der Waals surface area contributed by atoms with Crippen LogP contribution in [-0.2, 0) is 4.74 Å². The first-order valence-electron chi connectivity index (χ1n) is 6.14. The van der Waals surface area contributed by atoms with E-state index in [0.717, 1.165) is 25.8 Å². The minimum Gasteiger partial charge on any atom is -0.453 e. The predicted molar refractivity (Wildman–Crippen MR) is 60.9 cm³/mol. The molecule has 0 aromatic carbocycles. The quantitative estimate of drug-likeness (QED) is 0.671. The van der Waals surface area contributed by atoms with E-state index in [4.69, 9.17) is 4.74 Å². The normalized spacial score (nSPS) is 21.5. The largest absolute Gasteiger partial charge is 0.453 e. The van der Waals surface area contributed by atoms with Crippen molar-refractivity contribution < 1.29 is 9.53 Å². The molecule has 1 aliphatic heterocycles. The monoisotopic (exact) mass is 213 g/mol. The molecule has 0 aliphatic carbocycles. The second-order valence-corrected chi connectivity index (χ2v) is 4.31. The lowest BCUT2D eigenvalue weighted by molar-refractivity contribution is 0.0861. The number of ether oxygens (including phenoxy) is 1. The molecular formula is C12H23NO2. The number of nitrogens with zero attached hydrogens (tertiary/aromatic N) is 1. The highest BCUT2D eigenvalue weighted by atomic mass is 16.5. The van der Waals surface area contributed by atoms with E-state index in [-0.39, 0.29) is 6.09 Å². The van der Waals surface area contributed by atoms with Gasteiger partial charge < -0.3 is 9.64 Å². The van der Waals surface area contributed by atoms with Crippen LogP contribution in [0.25, 0.3) is 0 Å². The van der Waals surface area contributed by atoms with Crippen molar-refractivity contribution in [2.45, 2.75) is 57.9 Å². The van der Waals surface area contributed by atoms with Gasteiger partial charge in [-0.25, -0.2) is 4.79 Å². The summed E-state index contributed by atoms with van der Waals surface area (Å²) in [6.45, 7) is 3.09. The summed E-state index contributed by atoms with van der Waals surface area (Å²) in [5, 5.41) is 0. The maximum atomic E-state index is 11.5. The first kappa shape index (κ1) is 12.3. The van der Waals surface area contributed by atoms with Gasteiger partial charge in [-0.1, -0.05) is 26.2 Å². The Morgan fingerprint density at radius 2 is 2.20 bits per heavy atom. The van der Waals surface area contributed by atoms with E-state index in [9.17, 15) is 4.79 Å². The molecule has 0 aromatic heterocycles. The third kappa shape index (κ3) is 3.73. The van der Waals surface area contributed by atoms with Crippen molar-refractivity contribution in [1.29, 1.82) is 0 Å². The van der Waals surface area contributed by atoms with E-state index >= 15 is 0 Å². The molecule has 3 nitrogen and oxygen atoms in total. The number of carbonyl (C=O) groups is 1. The molecule has 1 amide bonds. The van der Waals surface area contributed by atoms with Gasteiger partial charge in [0.2, 0.25) is 0 Å². The molecule has 1 fully saturated rings. The molecule has 0 aromatic rings. The number of amides is 1. The molecule has 0 unspecified atom stereocenters. The van der Waals surface area contributed by atoms with Crippen LogP contribution >= 0.6 is 0 Å². The number of likely N-dealkylation sites (tertiary alicyclic amines) is 1. The van der Waals surface area contributed by atoms with Crippen LogP contribution in [0.5, 0.6) is 0 Å². The Morgan fingerprint density at radius 3 is 2.87 bits per heavy atom. The molecule has 3 heteroatoms. The lowest BCUT2D eigenvalue weighted by atomic mass is 9.97. The second-order valence-electron chi connectivity index (χ2n) is 4.31. The minimum atomic E-state index is -0.142. The van der Waals surface area contributed by atoms with Gasteiger partial charge in [-0.05, 0) is 25.7 Å². The van der Waals surface area contributed by atoms with Crippen LogP contribution in [0.3, 0.4) is 0 Å². The van der Waals surface area contributed by atoms with Gasteiger partial charge in [-0.3, -0.25) is 0 Å². The van der Waals surface area contributed by atoms with Gasteiger partial charge >= 0.3 is 6.09 Å². The molecule has 0 saturated carbocycles. The topological polar surface area (TPSA) is 29.5 Å². The number of hydrogen-bond acceptors (Lipinski definition) is 2.